The standard InChI is InChI=1S/C21H22N2O5S/c1-13(2)29(26,27)23-17-6-4-15(5-7-17)12-22-18-8-9-20-16(10-18)11-19(14(3)24)21(25)28-20/h4-11,13,22-23H,12H2,1-3H3. The lowest BCUT2D eigenvalue weighted by atomic mass is 10.1. The molecule has 0 saturated carbocycles. The Balaban J connectivity index is 1.72. The highest BCUT2D eigenvalue weighted by Crippen LogP contribution is 2.20. The molecule has 29 heavy (non-hydrogen) atoms. The fourth-order valence-electron chi connectivity index (χ4n) is 2.66. The molecule has 0 atom stereocenters. The number of benzene rings is 2. The summed E-state index contributed by atoms with van der Waals surface area (Å²) in [6, 6.07) is 13.9. The van der Waals surface area contributed by atoms with Crippen molar-refractivity contribution >= 4 is 38.2 Å². The Labute approximate surface area is 168 Å². The summed E-state index contributed by atoms with van der Waals surface area (Å²) in [6.45, 7) is 5.08. The topological polar surface area (TPSA) is 105 Å². The number of carbonyl (C=O) groups excluding carboxylic acids is 1. The van der Waals surface area contributed by atoms with Gasteiger partial charge in [-0.3, -0.25) is 9.52 Å². The molecule has 0 bridgehead atoms. The molecular formula is C21H22N2O5S. The molecule has 0 unspecified atom stereocenters. The minimum Gasteiger partial charge on any atom is -0.422 e. The third kappa shape index (κ3) is 4.83. The van der Waals surface area contributed by atoms with E-state index >= 15 is 0 Å². The number of carbonyl (C=O) groups is 1. The maximum Gasteiger partial charge on any atom is 0.347 e. The molecule has 0 spiro atoms. The van der Waals surface area contributed by atoms with Crippen molar-refractivity contribution in [3.63, 3.8) is 0 Å². The van der Waals surface area contributed by atoms with Crippen LogP contribution in [0.3, 0.4) is 0 Å². The number of hydrogen-bond acceptors (Lipinski definition) is 6. The third-order valence-corrected chi connectivity index (χ3v) is 6.20. The molecule has 1 aromatic heterocycles. The van der Waals surface area contributed by atoms with Gasteiger partial charge in [0.1, 0.15) is 11.1 Å². The van der Waals surface area contributed by atoms with E-state index in [1.54, 1.807) is 44.2 Å². The molecule has 0 aliphatic rings. The normalized spacial score (nSPS) is 11.6. The SMILES string of the molecule is CC(=O)c1cc2cc(NCc3ccc(NS(=O)(=O)C(C)C)cc3)ccc2oc1=O. The minimum atomic E-state index is -3.37. The molecule has 2 aromatic carbocycles. The molecule has 3 rings (SSSR count). The van der Waals surface area contributed by atoms with Gasteiger partial charge in [0.25, 0.3) is 0 Å². The monoisotopic (exact) mass is 414 g/mol. The van der Waals surface area contributed by atoms with E-state index in [2.05, 4.69) is 10.0 Å². The molecule has 0 radical (unpaired) electrons. The first-order valence-corrected chi connectivity index (χ1v) is 10.6. The first kappa shape index (κ1) is 20.6. The van der Waals surface area contributed by atoms with Gasteiger partial charge in [0, 0.05) is 23.3 Å². The first-order chi connectivity index (χ1) is 13.7. The van der Waals surface area contributed by atoms with Crippen molar-refractivity contribution in [2.24, 2.45) is 0 Å². The second kappa shape index (κ2) is 8.08. The summed E-state index contributed by atoms with van der Waals surface area (Å²) in [5, 5.41) is 3.40. The van der Waals surface area contributed by atoms with Crippen LogP contribution in [0, 0.1) is 0 Å². The molecule has 1 heterocycles. The molecule has 8 heteroatoms. The first-order valence-electron chi connectivity index (χ1n) is 9.09. The smallest absolute Gasteiger partial charge is 0.347 e. The van der Waals surface area contributed by atoms with Gasteiger partial charge in [-0.2, -0.15) is 0 Å². The van der Waals surface area contributed by atoms with Crippen LogP contribution in [-0.2, 0) is 16.6 Å². The number of Topliss-reactive ketones (excluding diaryl/α,β-unsaturated/α-hetero) is 1. The molecule has 0 saturated heterocycles. The Bertz CT molecular complexity index is 1210. The molecular weight excluding hydrogens is 392 g/mol. The van der Waals surface area contributed by atoms with Gasteiger partial charge in [-0.1, -0.05) is 12.1 Å². The Kier molecular flexibility index (Phi) is 5.74. The van der Waals surface area contributed by atoms with Gasteiger partial charge in [0.2, 0.25) is 10.0 Å². The fraction of sp³-hybridized carbons (Fsp3) is 0.238. The van der Waals surface area contributed by atoms with Gasteiger partial charge in [-0.15, -0.1) is 0 Å². The lowest BCUT2D eigenvalue weighted by Gasteiger charge is -2.12. The molecule has 2 N–H and O–H groups in total. The molecule has 7 nitrogen and oxygen atoms in total. The highest BCUT2D eigenvalue weighted by molar-refractivity contribution is 7.93. The van der Waals surface area contributed by atoms with Crippen LogP contribution in [0.1, 0.15) is 36.7 Å². The molecule has 0 amide bonds. The number of nitrogens with one attached hydrogen (secondary N) is 2. The zero-order chi connectivity index (χ0) is 21.2. The summed E-state index contributed by atoms with van der Waals surface area (Å²) in [6.07, 6.45) is 0. The fourth-order valence-corrected chi connectivity index (χ4v) is 3.36. The van der Waals surface area contributed by atoms with E-state index in [-0.39, 0.29) is 11.3 Å². The zero-order valence-electron chi connectivity index (χ0n) is 16.4. The summed E-state index contributed by atoms with van der Waals surface area (Å²) < 4.78 is 31.6. The van der Waals surface area contributed by atoms with Crippen molar-refractivity contribution in [3.05, 3.63) is 70.1 Å². The van der Waals surface area contributed by atoms with Gasteiger partial charge in [-0.05, 0) is 62.7 Å². The Hall–Kier alpha value is -3.13. The summed E-state index contributed by atoms with van der Waals surface area (Å²) in [4.78, 5) is 23.3. The van der Waals surface area contributed by atoms with Gasteiger partial charge in [-0.25, -0.2) is 13.2 Å². The lowest BCUT2D eigenvalue weighted by Crippen LogP contribution is -2.22. The van der Waals surface area contributed by atoms with E-state index in [1.165, 1.54) is 13.0 Å². The van der Waals surface area contributed by atoms with E-state index in [0.29, 0.717) is 23.2 Å². The van der Waals surface area contributed by atoms with Crippen LogP contribution in [0.25, 0.3) is 11.0 Å². The summed E-state index contributed by atoms with van der Waals surface area (Å²) >= 11 is 0. The second-order valence-electron chi connectivity index (χ2n) is 7.00. The van der Waals surface area contributed by atoms with Crippen molar-refractivity contribution in [3.8, 4) is 0 Å². The molecule has 0 fully saturated rings. The van der Waals surface area contributed by atoms with E-state index in [4.69, 9.17) is 4.42 Å². The zero-order valence-corrected chi connectivity index (χ0v) is 17.2. The van der Waals surface area contributed by atoms with E-state index in [9.17, 15) is 18.0 Å². The van der Waals surface area contributed by atoms with Crippen molar-refractivity contribution in [1.82, 2.24) is 0 Å². The highest BCUT2D eigenvalue weighted by atomic mass is 32.2. The van der Waals surface area contributed by atoms with Crippen LogP contribution < -0.4 is 15.7 Å². The van der Waals surface area contributed by atoms with Gasteiger partial charge >= 0.3 is 5.63 Å². The van der Waals surface area contributed by atoms with Crippen molar-refractivity contribution in [1.29, 1.82) is 0 Å². The summed E-state index contributed by atoms with van der Waals surface area (Å²) in [5.74, 6) is -0.341. The van der Waals surface area contributed by atoms with E-state index < -0.39 is 20.9 Å². The second-order valence-corrected chi connectivity index (χ2v) is 9.24. The molecule has 0 aliphatic heterocycles. The third-order valence-electron chi connectivity index (χ3n) is 4.44. The van der Waals surface area contributed by atoms with Gasteiger partial charge < -0.3 is 9.73 Å². The van der Waals surface area contributed by atoms with E-state index in [0.717, 1.165) is 11.3 Å². The minimum absolute atomic E-state index is 0.0223. The van der Waals surface area contributed by atoms with Crippen LogP contribution in [0.2, 0.25) is 0 Å². The van der Waals surface area contributed by atoms with Gasteiger partial charge in [0.05, 0.1) is 5.25 Å². The number of anilines is 2. The lowest BCUT2D eigenvalue weighted by molar-refractivity contribution is 0.101. The number of ketones is 1. The number of rotatable bonds is 7. The quantitative estimate of drug-likeness (QED) is 0.450. The largest absolute Gasteiger partial charge is 0.422 e. The molecule has 0 aliphatic carbocycles. The maximum absolute atomic E-state index is 11.9. The van der Waals surface area contributed by atoms with Gasteiger partial charge in [0.15, 0.2) is 5.78 Å². The number of fused-ring (bicyclic) bond motifs is 1. The summed E-state index contributed by atoms with van der Waals surface area (Å²) in [5.41, 5.74) is 2.06. The molecule has 152 valence electrons. The van der Waals surface area contributed by atoms with E-state index in [1.807, 2.05) is 12.1 Å². The van der Waals surface area contributed by atoms with Crippen molar-refractivity contribution in [2.75, 3.05) is 10.0 Å². The van der Waals surface area contributed by atoms with Crippen LogP contribution in [0.4, 0.5) is 11.4 Å². The average Bonchev–Trinajstić information content (AvgIpc) is 2.66. The predicted molar refractivity (Wildman–Crippen MR) is 114 cm³/mol. The number of sulfonamides is 1. The molecule has 3 aromatic rings. The maximum atomic E-state index is 11.9. The number of hydrogen-bond donors (Lipinski definition) is 2. The van der Waals surface area contributed by atoms with Crippen LogP contribution in [-0.4, -0.2) is 19.5 Å². The van der Waals surface area contributed by atoms with Crippen LogP contribution in [0.5, 0.6) is 0 Å². The predicted octanol–water partition coefficient (Wildman–Crippen LogP) is 3.76. The Morgan fingerprint density at radius 2 is 1.69 bits per heavy atom. The highest BCUT2D eigenvalue weighted by Gasteiger charge is 2.15. The Morgan fingerprint density at radius 3 is 2.31 bits per heavy atom. The summed E-state index contributed by atoms with van der Waals surface area (Å²) in [7, 11) is -3.37. The van der Waals surface area contributed by atoms with Crippen molar-refractivity contribution in [2.45, 2.75) is 32.6 Å². The van der Waals surface area contributed by atoms with Crippen LogP contribution in [0.15, 0.2) is 57.7 Å². The Morgan fingerprint density at radius 1 is 1.03 bits per heavy atom. The van der Waals surface area contributed by atoms with Crippen LogP contribution >= 0.6 is 0 Å². The van der Waals surface area contributed by atoms with Crippen molar-refractivity contribution < 1.29 is 17.6 Å². The average molecular weight is 414 g/mol.